The van der Waals surface area contributed by atoms with Crippen LogP contribution in [0.25, 0.3) is 0 Å². The van der Waals surface area contributed by atoms with E-state index in [4.69, 9.17) is 0 Å². The highest BCUT2D eigenvalue weighted by atomic mass is 32.2. The maximum Gasteiger partial charge on any atom is 0.255 e. The molecule has 1 aromatic heterocycles. The molecule has 4 nitrogen and oxygen atoms in total. The highest BCUT2D eigenvalue weighted by Crippen LogP contribution is 2.45. The Bertz CT molecular complexity index is 688. The van der Waals surface area contributed by atoms with Gasteiger partial charge in [-0.15, -0.1) is 23.5 Å². The van der Waals surface area contributed by atoms with Gasteiger partial charge in [0.25, 0.3) is 5.91 Å². The van der Waals surface area contributed by atoms with Gasteiger partial charge >= 0.3 is 0 Å². The Morgan fingerprint density at radius 2 is 1.86 bits per heavy atom. The molecule has 2 aromatic rings. The molecule has 0 unspecified atom stereocenters. The van der Waals surface area contributed by atoms with Crippen molar-refractivity contribution in [1.82, 2.24) is 9.78 Å². The molecule has 1 saturated heterocycles. The van der Waals surface area contributed by atoms with Gasteiger partial charge in [-0.1, -0.05) is 12.1 Å². The van der Waals surface area contributed by atoms with Crippen LogP contribution >= 0.6 is 23.5 Å². The van der Waals surface area contributed by atoms with Gasteiger partial charge in [-0.2, -0.15) is 5.10 Å². The first-order chi connectivity index (χ1) is 10.6. The van der Waals surface area contributed by atoms with E-state index in [0.717, 1.165) is 17.1 Å². The van der Waals surface area contributed by atoms with E-state index in [0.29, 0.717) is 10.1 Å². The van der Waals surface area contributed by atoms with Crippen LogP contribution in [0.1, 0.15) is 31.9 Å². The van der Waals surface area contributed by atoms with Gasteiger partial charge in [-0.3, -0.25) is 9.48 Å². The number of nitrogens with zero attached hydrogens (tertiary/aromatic N) is 2. The van der Waals surface area contributed by atoms with Crippen LogP contribution in [0.3, 0.4) is 0 Å². The largest absolute Gasteiger partial charge is 0.319 e. The summed E-state index contributed by atoms with van der Waals surface area (Å²) in [6.07, 6.45) is 0. The molecule has 1 amide bonds. The predicted molar refractivity (Wildman–Crippen MR) is 94.7 cm³/mol. The molecule has 1 aromatic carbocycles. The van der Waals surface area contributed by atoms with Gasteiger partial charge in [0.05, 0.1) is 21.7 Å². The van der Waals surface area contributed by atoms with Crippen LogP contribution in [0.15, 0.2) is 24.3 Å². The van der Waals surface area contributed by atoms with Crippen LogP contribution in [0.4, 0.5) is 5.69 Å². The molecule has 22 heavy (non-hydrogen) atoms. The van der Waals surface area contributed by atoms with Gasteiger partial charge in [0.15, 0.2) is 0 Å². The zero-order chi connectivity index (χ0) is 15.7. The van der Waals surface area contributed by atoms with Crippen molar-refractivity contribution in [2.75, 3.05) is 16.8 Å². The van der Waals surface area contributed by atoms with Gasteiger partial charge in [0, 0.05) is 24.1 Å². The minimum Gasteiger partial charge on any atom is -0.319 e. The molecule has 1 aliphatic heterocycles. The topological polar surface area (TPSA) is 46.9 Å². The number of aryl methyl sites for hydroxylation is 2. The zero-order valence-electron chi connectivity index (χ0n) is 12.9. The number of benzene rings is 1. The van der Waals surface area contributed by atoms with Crippen molar-refractivity contribution in [3.05, 3.63) is 46.8 Å². The molecule has 0 atom stereocenters. The number of carbonyl (C=O) groups excluding carboxylic acids is 1. The number of nitrogens with one attached hydrogen (secondary N) is 1. The van der Waals surface area contributed by atoms with Crippen molar-refractivity contribution in [3.63, 3.8) is 0 Å². The molecule has 0 bridgehead atoms. The Morgan fingerprint density at radius 1 is 1.23 bits per heavy atom. The number of hydrogen-bond donors (Lipinski definition) is 1. The zero-order valence-corrected chi connectivity index (χ0v) is 14.6. The Hall–Kier alpha value is -1.40. The molecular weight excluding hydrogens is 314 g/mol. The fourth-order valence-corrected chi connectivity index (χ4v) is 5.34. The van der Waals surface area contributed by atoms with Gasteiger partial charge in [-0.05, 0) is 31.5 Å². The van der Waals surface area contributed by atoms with Crippen molar-refractivity contribution >= 4 is 35.1 Å². The number of anilines is 1. The summed E-state index contributed by atoms with van der Waals surface area (Å²) in [7, 11) is 1.88. The molecule has 3 rings (SSSR count). The number of hydrogen-bond acceptors (Lipinski definition) is 4. The molecule has 1 N–H and O–H groups in total. The van der Waals surface area contributed by atoms with E-state index in [1.165, 1.54) is 17.1 Å². The third-order valence-corrected chi connectivity index (χ3v) is 6.92. The maximum atomic E-state index is 12.4. The van der Waals surface area contributed by atoms with Crippen molar-refractivity contribution < 1.29 is 4.79 Å². The molecule has 0 radical (unpaired) electrons. The Labute approximate surface area is 139 Å². The second-order valence-electron chi connectivity index (χ2n) is 5.32. The van der Waals surface area contributed by atoms with Crippen LogP contribution in [0.5, 0.6) is 0 Å². The summed E-state index contributed by atoms with van der Waals surface area (Å²) in [5, 5.41) is 7.29. The minimum absolute atomic E-state index is 0.0857. The standard InChI is InChI=1S/C16H19N3OS2/c1-10-14(11(2)19(3)18-10)17-15(20)12-4-6-13(7-5-12)16-21-8-9-22-16/h4-7,16H,8-9H2,1-3H3,(H,17,20). The van der Waals surface area contributed by atoms with E-state index >= 15 is 0 Å². The molecule has 0 spiro atoms. The minimum atomic E-state index is -0.0857. The van der Waals surface area contributed by atoms with E-state index in [2.05, 4.69) is 22.5 Å². The lowest BCUT2D eigenvalue weighted by atomic mass is 10.1. The second kappa shape index (κ2) is 6.38. The third kappa shape index (κ3) is 3.03. The summed E-state index contributed by atoms with van der Waals surface area (Å²) in [4.78, 5) is 12.4. The normalized spacial score (nSPS) is 15.2. The Balaban J connectivity index is 1.74. The van der Waals surface area contributed by atoms with Crippen molar-refractivity contribution in [2.24, 2.45) is 7.05 Å². The van der Waals surface area contributed by atoms with E-state index in [1.54, 1.807) is 4.68 Å². The van der Waals surface area contributed by atoms with Crippen LogP contribution in [-0.4, -0.2) is 27.2 Å². The molecule has 1 aliphatic rings. The van der Waals surface area contributed by atoms with Gasteiger partial charge in [0.2, 0.25) is 0 Å². The molecule has 2 heterocycles. The summed E-state index contributed by atoms with van der Waals surface area (Å²) in [6, 6.07) is 7.94. The molecule has 0 saturated carbocycles. The molecule has 6 heteroatoms. The lowest BCUT2D eigenvalue weighted by Crippen LogP contribution is -2.13. The number of thioether (sulfide) groups is 2. The summed E-state index contributed by atoms with van der Waals surface area (Å²) < 4.78 is 2.29. The van der Waals surface area contributed by atoms with Crippen LogP contribution < -0.4 is 5.32 Å². The van der Waals surface area contributed by atoms with Crippen LogP contribution in [0, 0.1) is 13.8 Å². The average molecular weight is 333 g/mol. The molecule has 0 aliphatic carbocycles. The van der Waals surface area contributed by atoms with Crippen molar-refractivity contribution in [3.8, 4) is 0 Å². The molecular formula is C16H19N3OS2. The van der Waals surface area contributed by atoms with Crippen LogP contribution in [-0.2, 0) is 7.05 Å². The first-order valence-corrected chi connectivity index (χ1v) is 9.30. The SMILES string of the molecule is Cc1nn(C)c(C)c1NC(=O)c1ccc(C2SCCS2)cc1. The first kappa shape index (κ1) is 15.5. The number of amides is 1. The van der Waals surface area contributed by atoms with Crippen molar-refractivity contribution in [1.29, 1.82) is 0 Å². The highest BCUT2D eigenvalue weighted by Gasteiger charge is 2.19. The lowest BCUT2D eigenvalue weighted by molar-refractivity contribution is 0.102. The fourth-order valence-electron chi connectivity index (χ4n) is 2.48. The van der Waals surface area contributed by atoms with Gasteiger partial charge in [0.1, 0.15) is 0 Å². The van der Waals surface area contributed by atoms with E-state index in [-0.39, 0.29) is 5.91 Å². The van der Waals surface area contributed by atoms with E-state index < -0.39 is 0 Å². The molecule has 116 valence electrons. The Morgan fingerprint density at radius 3 is 2.41 bits per heavy atom. The average Bonchev–Trinajstić information content (AvgIpc) is 3.12. The molecule has 1 fully saturated rings. The predicted octanol–water partition coefficient (Wildman–Crippen LogP) is 3.77. The van der Waals surface area contributed by atoms with Gasteiger partial charge in [-0.25, -0.2) is 0 Å². The summed E-state index contributed by atoms with van der Waals surface area (Å²) in [5.41, 5.74) is 4.57. The van der Waals surface area contributed by atoms with Crippen molar-refractivity contribution in [2.45, 2.75) is 18.4 Å². The fraction of sp³-hybridized carbons (Fsp3) is 0.375. The quantitative estimate of drug-likeness (QED) is 0.929. The summed E-state index contributed by atoms with van der Waals surface area (Å²) >= 11 is 3.94. The highest BCUT2D eigenvalue weighted by molar-refractivity contribution is 8.19. The number of aromatic nitrogens is 2. The maximum absolute atomic E-state index is 12.4. The van der Waals surface area contributed by atoms with Crippen LogP contribution in [0.2, 0.25) is 0 Å². The Kier molecular flexibility index (Phi) is 4.49. The third-order valence-electron chi connectivity index (χ3n) is 3.81. The van der Waals surface area contributed by atoms with Gasteiger partial charge < -0.3 is 5.32 Å². The second-order valence-corrected chi connectivity index (χ2v) is 8.04. The first-order valence-electron chi connectivity index (χ1n) is 7.21. The summed E-state index contributed by atoms with van der Waals surface area (Å²) in [6.45, 7) is 3.85. The monoisotopic (exact) mass is 333 g/mol. The van der Waals surface area contributed by atoms with E-state index in [9.17, 15) is 4.79 Å². The lowest BCUT2D eigenvalue weighted by Gasteiger charge is -2.10. The number of rotatable bonds is 3. The summed E-state index contributed by atoms with van der Waals surface area (Å²) in [5.74, 6) is 2.33. The smallest absolute Gasteiger partial charge is 0.255 e. The number of carbonyl (C=O) groups is 1. The van der Waals surface area contributed by atoms with E-state index in [1.807, 2.05) is 56.6 Å².